The highest BCUT2D eigenvalue weighted by atomic mass is 16.5. The second-order valence-electron chi connectivity index (χ2n) is 5.94. The van der Waals surface area contributed by atoms with Gasteiger partial charge in [0.1, 0.15) is 18.1 Å². The fourth-order valence-electron chi connectivity index (χ4n) is 2.52. The summed E-state index contributed by atoms with van der Waals surface area (Å²) < 4.78 is 10.9. The van der Waals surface area contributed by atoms with Crippen molar-refractivity contribution in [3.8, 4) is 5.75 Å². The van der Waals surface area contributed by atoms with E-state index in [2.05, 4.69) is 15.5 Å². The van der Waals surface area contributed by atoms with Crippen LogP contribution in [0, 0.1) is 13.8 Å². The summed E-state index contributed by atoms with van der Waals surface area (Å²) in [6.07, 6.45) is 2.45. The third-order valence-corrected chi connectivity index (χ3v) is 4.07. The standard InChI is InChI=1S/C20H21N3O3/c1-14-19(15(2)26-23-14)13-25-18-8-6-16(7-9-18)20(24)22-12-10-17-5-3-4-11-21-17/h3-9,11H,10,12-13H2,1-2H3,(H,22,24). The molecule has 0 bridgehead atoms. The van der Waals surface area contributed by atoms with E-state index in [0.29, 0.717) is 30.9 Å². The normalized spacial score (nSPS) is 10.5. The van der Waals surface area contributed by atoms with E-state index in [1.165, 1.54) is 0 Å². The first-order chi connectivity index (χ1) is 12.6. The number of nitrogens with one attached hydrogen (secondary N) is 1. The van der Waals surface area contributed by atoms with Crippen molar-refractivity contribution >= 4 is 5.91 Å². The highest BCUT2D eigenvalue weighted by Crippen LogP contribution is 2.18. The third-order valence-electron chi connectivity index (χ3n) is 4.07. The largest absolute Gasteiger partial charge is 0.489 e. The Hall–Kier alpha value is -3.15. The SMILES string of the molecule is Cc1noc(C)c1COc1ccc(C(=O)NCCc2ccccn2)cc1. The van der Waals surface area contributed by atoms with Gasteiger partial charge in [0.25, 0.3) is 5.91 Å². The monoisotopic (exact) mass is 351 g/mol. The second kappa shape index (κ2) is 8.29. The topological polar surface area (TPSA) is 77.2 Å². The lowest BCUT2D eigenvalue weighted by Gasteiger charge is -2.08. The van der Waals surface area contributed by atoms with Gasteiger partial charge in [-0.2, -0.15) is 0 Å². The summed E-state index contributed by atoms with van der Waals surface area (Å²) in [6.45, 7) is 4.67. The van der Waals surface area contributed by atoms with Crippen molar-refractivity contribution in [3.05, 3.63) is 76.9 Å². The molecule has 3 rings (SSSR count). The molecule has 1 amide bonds. The molecule has 0 atom stereocenters. The highest BCUT2D eigenvalue weighted by molar-refractivity contribution is 5.94. The molecule has 2 heterocycles. The summed E-state index contributed by atoms with van der Waals surface area (Å²) >= 11 is 0. The molecular weight excluding hydrogens is 330 g/mol. The quantitative estimate of drug-likeness (QED) is 0.707. The number of carbonyl (C=O) groups excluding carboxylic acids is 1. The van der Waals surface area contributed by atoms with Gasteiger partial charge in [-0.3, -0.25) is 9.78 Å². The maximum Gasteiger partial charge on any atom is 0.251 e. The van der Waals surface area contributed by atoms with Crippen molar-refractivity contribution in [1.82, 2.24) is 15.5 Å². The molecule has 134 valence electrons. The molecule has 1 aromatic carbocycles. The number of amides is 1. The van der Waals surface area contributed by atoms with Crippen LogP contribution in [-0.2, 0) is 13.0 Å². The van der Waals surface area contributed by atoms with Crippen molar-refractivity contribution in [2.75, 3.05) is 6.54 Å². The van der Waals surface area contributed by atoms with Crippen LogP contribution in [0.2, 0.25) is 0 Å². The number of aromatic nitrogens is 2. The molecule has 1 N–H and O–H groups in total. The van der Waals surface area contributed by atoms with E-state index in [0.717, 1.165) is 22.7 Å². The Balaban J connectivity index is 1.49. The van der Waals surface area contributed by atoms with Crippen LogP contribution >= 0.6 is 0 Å². The van der Waals surface area contributed by atoms with Crippen molar-refractivity contribution in [3.63, 3.8) is 0 Å². The molecular formula is C20H21N3O3. The van der Waals surface area contributed by atoms with Crippen LogP contribution in [0.1, 0.15) is 33.1 Å². The van der Waals surface area contributed by atoms with Crippen molar-refractivity contribution in [1.29, 1.82) is 0 Å². The van der Waals surface area contributed by atoms with Gasteiger partial charge in [-0.25, -0.2) is 0 Å². The Morgan fingerprint density at radius 2 is 1.96 bits per heavy atom. The van der Waals surface area contributed by atoms with Gasteiger partial charge in [0.15, 0.2) is 0 Å². The minimum atomic E-state index is -0.113. The summed E-state index contributed by atoms with van der Waals surface area (Å²) in [6, 6.07) is 12.8. The van der Waals surface area contributed by atoms with E-state index < -0.39 is 0 Å². The van der Waals surface area contributed by atoms with Gasteiger partial charge in [0.05, 0.1) is 11.3 Å². The molecule has 6 nitrogen and oxygen atoms in total. The van der Waals surface area contributed by atoms with Crippen LogP contribution in [0.25, 0.3) is 0 Å². The van der Waals surface area contributed by atoms with E-state index in [4.69, 9.17) is 9.26 Å². The molecule has 2 aromatic heterocycles. The van der Waals surface area contributed by atoms with Crippen LogP contribution in [0.15, 0.2) is 53.2 Å². The van der Waals surface area contributed by atoms with Gasteiger partial charge in [0, 0.05) is 30.4 Å². The van der Waals surface area contributed by atoms with Crippen LogP contribution in [-0.4, -0.2) is 22.6 Å². The van der Waals surface area contributed by atoms with Crippen LogP contribution < -0.4 is 10.1 Å². The molecule has 0 unspecified atom stereocenters. The number of ether oxygens (including phenoxy) is 1. The molecule has 0 aliphatic carbocycles. The number of hydrogen-bond acceptors (Lipinski definition) is 5. The van der Waals surface area contributed by atoms with Crippen molar-refractivity contribution in [2.24, 2.45) is 0 Å². The Morgan fingerprint density at radius 1 is 1.15 bits per heavy atom. The van der Waals surface area contributed by atoms with E-state index in [-0.39, 0.29) is 5.91 Å². The minimum Gasteiger partial charge on any atom is -0.489 e. The number of benzene rings is 1. The van der Waals surface area contributed by atoms with E-state index in [1.807, 2.05) is 32.0 Å². The maximum absolute atomic E-state index is 12.2. The van der Waals surface area contributed by atoms with Gasteiger partial charge in [-0.05, 0) is 50.2 Å². The minimum absolute atomic E-state index is 0.113. The first-order valence-electron chi connectivity index (χ1n) is 8.46. The molecule has 0 spiro atoms. The predicted molar refractivity (Wildman–Crippen MR) is 97.0 cm³/mol. The highest BCUT2D eigenvalue weighted by Gasteiger charge is 2.10. The third kappa shape index (κ3) is 4.47. The van der Waals surface area contributed by atoms with Gasteiger partial charge in [0.2, 0.25) is 0 Å². The van der Waals surface area contributed by atoms with Gasteiger partial charge in [-0.1, -0.05) is 11.2 Å². The van der Waals surface area contributed by atoms with Crippen molar-refractivity contribution < 1.29 is 14.1 Å². The first kappa shape index (κ1) is 17.7. The molecule has 0 saturated carbocycles. The van der Waals surface area contributed by atoms with E-state index >= 15 is 0 Å². The van der Waals surface area contributed by atoms with Gasteiger partial charge >= 0.3 is 0 Å². The van der Waals surface area contributed by atoms with Crippen LogP contribution in [0.4, 0.5) is 0 Å². The summed E-state index contributed by atoms with van der Waals surface area (Å²) in [5.41, 5.74) is 3.32. The molecule has 6 heteroatoms. The van der Waals surface area contributed by atoms with Gasteiger partial charge < -0.3 is 14.6 Å². The lowest BCUT2D eigenvalue weighted by atomic mass is 10.2. The maximum atomic E-state index is 12.2. The fourth-order valence-corrected chi connectivity index (χ4v) is 2.52. The van der Waals surface area contributed by atoms with Crippen molar-refractivity contribution in [2.45, 2.75) is 26.9 Å². The first-order valence-corrected chi connectivity index (χ1v) is 8.46. The summed E-state index contributed by atoms with van der Waals surface area (Å²) in [4.78, 5) is 16.4. The Bertz CT molecular complexity index is 838. The van der Waals surface area contributed by atoms with Gasteiger partial charge in [-0.15, -0.1) is 0 Å². The lowest BCUT2D eigenvalue weighted by molar-refractivity contribution is 0.0954. The lowest BCUT2D eigenvalue weighted by Crippen LogP contribution is -2.25. The van der Waals surface area contributed by atoms with E-state index in [1.54, 1.807) is 30.5 Å². The number of nitrogens with zero attached hydrogens (tertiary/aromatic N) is 2. The summed E-state index contributed by atoms with van der Waals surface area (Å²) in [5, 5.41) is 6.80. The number of rotatable bonds is 7. The Morgan fingerprint density at radius 3 is 2.62 bits per heavy atom. The predicted octanol–water partition coefficient (Wildman–Crippen LogP) is 3.24. The average Bonchev–Trinajstić information content (AvgIpc) is 2.99. The van der Waals surface area contributed by atoms with E-state index in [9.17, 15) is 4.79 Å². The zero-order valence-corrected chi connectivity index (χ0v) is 14.9. The molecule has 0 saturated heterocycles. The number of aryl methyl sites for hydroxylation is 2. The van der Waals surface area contributed by atoms with Crippen LogP contribution in [0.5, 0.6) is 5.75 Å². The fraction of sp³-hybridized carbons (Fsp3) is 0.250. The second-order valence-corrected chi connectivity index (χ2v) is 5.94. The number of hydrogen-bond donors (Lipinski definition) is 1. The average molecular weight is 351 g/mol. The Labute approximate surface area is 152 Å². The number of pyridine rings is 1. The molecule has 0 aliphatic heterocycles. The smallest absolute Gasteiger partial charge is 0.251 e. The Kier molecular flexibility index (Phi) is 5.63. The summed E-state index contributed by atoms with van der Waals surface area (Å²) in [5.74, 6) is 1.33. The van der Waals surface area contributed by atoms with Crippen LogP contribution in [0.3, 0.4) is 0 Å². The molecule has 0 fully saturated rings. The molecule has 0 radical (unpaired) electrons. The molecule has 3 aromatic rings. The summed E-state index contributed by atoms with van der Waals surface area (Å²) in [7, 11) is 0. The zero-order valence-electron chi connectivity index (χ0n) is 14.9. The molecule has 0 aliphatic rings. The molecule has 26 heavy (non-hydrogen) atoms. The number of carbonyl (C=O) groups is 1. The zero-order chi connectivity index (χ0) is 18.4.